The van der Waals surface area contributed by atoms with Gasteiger partial charge in [0, 0.05) is 26.7 Å². The maximum absolute atomic E-state index is 7.75. The van der Waals surface area contributed by atoms with E-state index in [0.717, 1.165) is 32.6 Å². The third-order valence-electron chi connectivity index (χ3n) is 6.29. The van der Waals surface area contributed by atoms with E-state index in [2.05, 4.69) is 85.0 Å². The lowest BCUT2D eigenvalue weighted by Gasteiger charge is -2.24. The molecule has 0 bridgehead atoms. The van der Waals surface area contributed by atoms with Gasteiger partial charge >= 0.3 is 6.85 Å². The zero-order valence-corrected chi connectivity index (χ0v) is 18.5. The Hall–Kier alpha value is -3.34. The van der Waals surface area contributed by atoms with Gasteiger partial charge in [0.15, 0.2) is 11.8 Å². The van der Waals surface area contributed by atoms with Gasteiger partial charge in [-0.2, -0.15) is 0 Å². The van der Waals surface area contributed by atoms with E-state index in [1.165, 1.54) is 16.7 Å². The van der Waals surface area contributed by atoms with E-state index >= 15 is 0 Å². The molecular formula is C26H27BN3O+. The van der Waals surface area contributed by atoms with Crippen molar-refractivity contribution in [1.29, 1.82) is 0 Å². The van der Waals surface area contributed by atoms with Crippen LogP contribution in [0.1, 0.15) is 27.9 Å². The monoisotopic (exact) mass is 411 g/mol. The average Bonchev–Trinajstić information content (AvgIpc) is 3.15. The van der Waals surface area contributed by atoms with Gasteiger partial charge in [0.05, 0.1) is 5.39 Å². The maximum Gasteiger partial charge on any atom is 0.402 e. The van der Waals surface area contributed by atoms with E-state index in [4.69, 9.17) is 8.53 Å². The van der Waals surface area contributed by atoms with Gasteiger partial charge in [-0.15, -0.1) is 0 Å². The molecule has 1 aliphatic rings. The molecule has 5 heteroatoms. The predicted molar refractivity (Wildman–Crippen MR) is 127 cm³/mol. The van der Waals surface area contributed by atoms with Crippen LogP contribution in [0.4, 0.5) is 0 Å². The first-order valence-electron chi connectivity index (χ1n) is 12.0. The number of aromatic nitrogens is 2. The highest BCUT2D eigenvalue weighted by atomic mass is 16.3. The van der Waals surface area contributed by atoms with Gasteiger partial charge in [-0.3, -0.25) is 0 Å². The molecular weight excluding hydrogens is 381 g/mol. The summed E-state index contributed by atoms with van der Waals surface area (Å²) in [6.07, 6.45) is 4.27. The van der Waals surface area contributed by atoms with Crippen LogP contribution >= 0.6 is 0 Å². The minimum Gasteiger partial charge on any atom is -0.438 e. The third-order valence-corrected chi connectivity index (χ3v) is 6.29. The van der Waals surface area contributed by atoms with Gasteiger partial charge in [0.1, 0.15) is 12.5 Å². The summed E-state index contributed by atoms with van der Waals surface area (Å²) < 4.78 is 31.7. The molecule has 0 saturated heterocycles. The summed E-state index contributed by atoms with van der Waals surface area (Å²) in [7, 11) is 4.14. The number of hydrogen-bond donors (Lipinski definition) is 0. The van der Waals surface area contributed by atoms with Crippen molar-refractivity contribution < 1.29 is 13.1 Å². The summed E-state index contributed by atoms with van der Waals surface area (Å²) in [6.45, 7) is 3.83. The first-order chi connectivity index (χ1) is 16.1. The van der Waals surface area contributed by atoms with Crippen LogP contribution in [0.5, 0.6) is 0 Å². The van der Waals surface area contributed by atoms with E-state index < -0.39 is 6.85 Å². The first kappa shape index (κ1) is 16.4. The molecule has 0 atom stereocenters. The van der Waals surface area contributed by atoms with Crippen molar-refractivity contribution in [2.45, 2.75) is 27.6 Å². The van der Waals surface area contributed by atoms with Crippen molar-refractivity contribution in [1.82, 2.24) is 9.79 Å². The largest absolute Gasteiger partial charge is 0.438 e. The molecule has 1 aromatic carbocycles. The fourth-order valence-electron chi connectivity index (χ4n) is 4.83. The number of fused-ring (bicyclic) bond motifs is 3. The lowest BCUT2D eigenvalue weighted by Crippen LogP contribution is -2.62. The Morgan fingerprint density at radius 2 is 1.87 bits per heavy atom. The molecule has 4 heterocycles. The van der Waals surface area contributed by atoms with Crippen LogP contribution in [0.15, 0.2) is 53.1 Å². The quantitative estimate of drug-likeness (QED) is 0.376. The van der Waals surface area contributed by atoms with Crippen LogP contribution in [0.2, 0.25) is 0 Å². The zero-order valence-electron chi connectivity index (χ0n) is 21.5. The molecule has 4 aromatic rings. The summed E-state index contributed by atoms with van der Waals surface area (Å²) in [4.78, 5) is 6.56. The normalized spacial score (nSPS) is 15.4. The van der Waals surface area contributed by atoms with E-state index in [1.807, 2.05) is 13.0 Å². The van der Waals surface area contributed by atoms with Gasteiger partial charge in [-0.25, -0.2) is 9.55 Å². The van der Waals surface area contributed by atoms with Crippen LogP contribution in [-0.4, -0.2) is 23.7 Å². The highest BCUT2D eigenvalue weighted by molar-refractivity contribution is 6.85. The predicted octanol–water partition coefficient (Wildman–Crippen LogP) is 2.54. The summed E-state index contributed by atoms with van der Waals surface area (Å²) in [5.41, 5.74) is 7.86. The zero-order chi connectivity index (χ0) is 24.4. The Kier molecular flexibility index (Phi) is 3.76. The Labute approximate surface area is 187 Å². The van der Waals surface area contributed by atoms with Crippen molar-refractivity contribution in [2.75, 3.05) is 7.05 Å². The van der Waals surface area contributed by atoms with Gasteiger partial charge in [-0.1, -0.05) is 30.3 Å². The molecule has 5 rings (SSSR count). The van der Waals surface area contributed by atoms with Crippen molar-refractivity contribution in [3.8, 4) is 11.1 Å². The van der Waals surface area contributed by atoms with Crippen LogP contribution in [0.3, 0.4) is 0 Å². The summed E-state index contributed by atoms with van der Waals surface area (Å²) in [5.74, 6) is 0. The molecule has 0 radical (unpaired) electrons. The Morgan fingerprint density at radius 3 is 2.61 bits per heavy atom. The number of nitrogens with zero attached hydrogens (tertiary/aromatic N) is 3. The Balaban J connectivity index is 1.70. The lowest BCUT2D eigenvalue weighted by atomic mass is 9.50. The fraction of sp³-hybridized carbons (Fsp3) is 0.231. The van der Waals surface area contributed by atoms with Gasteiger partial charge < -0.3 is 9.23 Å². The number of furan rings is 1. The van der Waals surface area contributed by atoms with Crippen molar-refractivity contribution >= 4 is 35.2 Å². The third kappa shape index (κ3) is 3.07. The second kappa shape index (κ2) is 7.12. The van der Waals surface area contributed by atoms with E-state index in [0.29, 0.717) is 5.71 Å². The molecule has 31 heavy (non-hydrogen) atoms. The summed E-state index contributed by atoms with van der Waals surface area (Å²) in [5, 5.41) is 1.82. The molecule has 0 saturated carbocycles. The van der Waals surface area contributed by atoms with Crippen molar-refractivity contribution in [3.05, 3.63) is 76.1 Å². The summed E-state index contributed by atoms with van der Waals surface area (Å²) >= 11 is 0. The number of aryl methyl sites for hydroxylation is 4. The fourth-order valence-corrected chi connectivity index (χ4v) is 4.83. The van der Waals surface area contributed by atoms with Crippen LogP contribution in [0, 0.1) is 20.7 Å². The molecule has 154 valence electrons. The molecule has 4 nitrogen and oxygen atoms in total. The number of hydrogen-bond acceptors (Lipinski definition) is 3. The summed E-state index contributed by atoms with van der Waals surface area (Å²) in [6, 6.07) is 14.3. The van der Waals surface area contributed by atoms with Crippen molar-refractivity contribution in [3.63, 3.8) is 0 Å². The minimum atomic E-state index is -2.28. The first-order valence-corrected chi connectivity index (χ1v) is 10.5. The molecule has 0 spiro atoms. The SMILES string of the molecule is [2H]C([2H])([2H])c1cc(C)c2c3c(oc2n1)=C(C)B(c1cc(C)c(-c2ccccc2)c[n+]1C)N(C)C=3. The molecule has 1 aliphatic heterocycles. The molecule has 0 N–H and O–H groups in total. The van der Waals surface area contributed by atoms with E-state index in [-0.39, 0.29) is 12.5 Å². The van der Waals surface area contributed by atoms with Gasteiger partial charge in [-0.05, 0) is 69.1 Å². The minimum absolute atomic E-state index is 0.0241. The number of pyridine rings is 2. The highest BCUT2D eigenvalue weighted by Crippen LogP contribution is 2.22. The molecule has 3 aromatic heterocycles. The van der Waals surface area contributed by atoms with E-state index in [9.17, 15) is 0 Å². The second-order valence-corrected chi connectivity index (χ2v) is 8.50. The molecule has 0 unspecified atom stereocenters. The van der Waals surface area contributed by atoms with Crippen LogP contribution in [0.25, 0.3) is 33.9 Å². The van der Waals surface area contributed by atoms with E-state index in [1.54, 1.807) is 6.07 Å². The van der Waals surface area contributed by atoms with Crippen LogP contribution in [-0.2, 0) is 7.05 Å². The molecule has 0 aliphatic carbocycles. The van der Waals surface area contributed by atoms with Gasteiger partial charge in [0.2, 0.25) is 5.71 Å². The van der Waals surface area contributed by atoms with Crippen molar-refractivity contribution in [2.24, 2.45) is 7.05 Å². The average molecular weight is 411 g/mol. The smallest absolute Gasteiger partial charge is 0.402 e. The molecule has 0 fully saturated rings. The van der Waals surface area contributed by atoms with Gasteiger partial charge in [0.25, 0.3) is 0 Å². The second-order valence-electron chi connectivity index (χ2n) is 8.50. The Bertz CT molecular complexity index is 1560. The Morgan fingerprint density at radius 1 is 1.10 bits per heavy atom. The lowest BCUT2D eigenvalue weighted by molar-refractivity contribution is -0.653. The van der Waals surface area contributed by atoms with Crippen LogP contribution < -0.4 is 20.8 Å². The molecule has 0 amide bonds. The topological polar surface area (TPSA) is 33.1 Å². The highest BCUT2D eigenvalue weighted by Gasteiger charge is 2.36. The number of rotatable bonds is 2. The standard InChI is InChI=1S/C26H27BN3O/c1-16-13-23(29(5)14-21(16)20-10-8-7-9-11-20)27-19(4)25-22(15-30(27)6)24-17(2)12-18(3)28-26(24)31-25/h7-15H,1-6H3/q+1/i3D3. The maximum atomic E-state index is 7.75. The number of benzene rings is 1.